The molecular formula is C27H24FN9O. The van der Waals surface area contributed by atoms with Gasteiger partial charge in [0.05, 0.1) is 34.8 Å². The van der Waals surface area contributed by atoms with E-state index < -0.39 is 0 Å². The molecule has 0 aliphatic rings. The number of fused-ring (bicyclic) bond motifs is 2. The minimum atomic E-state index is -0.357. The highest BCUT2D eigenvalue weighted by atomic mass is 19.1. The van der Waals surface area contributed by atoms with Crippen molar-refractivity contribution in [2.45, 2.75) is 0 Å². The predicted molar refractivity (Wildman–Crippen MR) is 144 cm³/mol. The number of hydrogen-bond acceptors (Lipinski definition) is 8. The second-order valence-electron chi connectivity index (χ2n) is 9.22. The maximum absolute atomic E-state index is 14.6. The van der Waals surface area contributed by atoms with Gasteiger partial charge in [-0.15, -0.1) is 0 Å². The first-order valence-corrected chi connectivity index (χ1v) is 12.0. The van der Waals surface area contributed by atoms with Gasteiger partial charge in [0.2, 0.25) is 0 Å². The van der Waals surface area contributed by atoms with Gasteiger partial charge in [-0.3, -0.25) is 20.1 Å². The lowest BCUT2D eigenvalue weighted by molar-refractivity contribution is 0.425. The zero-order valence-electron chi connectivity index (χ0n) is 20.7. The van der Waals surface area contributed by atoms with Crippen LogP contribution < -0.4 is 5.32 Å². The van der Waals surface area contributed by atoms with Crippen LogP contribution in [0.5, 0.6) is 5.75 Å². The van der Waals surface area contributed by atoms with Crippen molar-refractivity contribution < 1.29 is 9.50 Å². The summed E-state index contributed by atoms with van der Waals surface area (Å²) in [5.41, 5.74) is 5.86. The summed E-state index contributed by atoms with van der Waals surface area (Å²) < 4.78 is 14.6. The first-order valence-electron chi connectivity index (χ1n) is 12.0. The molecule has 1 aromatic carbocycles. The van der Waals surface area contributed by atoms with Crippen LogP contribution in [0.4, 0.5) is 10.1 Å². The minimum Gasteiger partial charge on any atom is -0.506 e. The van der Waals surface area contributed by atoms with E-state index in [2.05, 4.69) is 40.3 Å². The molecule has 6 rings (SSSR count). The minimum absolute atomic E-state index is 0.0579. The van der Waals surface area contributed by atoms with Crippen molar-refractivity contribution in [3.8, 4) is 39.8 Å². The number of nitrogens with zero attached hydrogens (tertiary/aromatic N) is 6. The van der Waals surface area contributed by atoms with Crippen LogP contribution in [0, 0.1) is 5.82 Å². The number of benzene rings is 1. The van der Waals surface area contributed by atoms with Crippen molar-refractivity contribution >= 4 is 27.6 Å². The van der Waals surface area contributed by atoms with Gasteiger partial charge in [-0.25, -0.2) is 9.37 Å². The Morgan fingerprint density at radius 2 is 1.87 bits per heavy atom. The van der Waals surface area contributed by atoms with Crippen LogP contribution in [0.3, 0.4) is 0 Å². The van der Waals surface area contributed by atoms with E-state index in [-0.39, 0.29) is 11.6 Å². The molecule has 0 atom stereocenters. The maximum Gasteiger partial charge on any atom is 0.159 e. The Balaban J connectivity index is 1.40. The molecule has 5 heterocycles. The van der Waals surface area contributed by atoms with Crippen LogP contribution in [-0.4, -0.2) is 72.3 Å². The summed E-state index contributed by atoms with van der Waals surface area (Å²) in [7, 11) is 3.98. The smallest absolute Gasteiger partial charge is 0.159 e. The average molecular weight is 510 g/mol. The molecule has 0 bridgehead atoms. The number of pyridine rings is 3. The SMILES string of the molecule is CN(C)CCNc1cc(F)cc(-c2nccc3[nH]c(-c4n[nH]c5cnc(-c6cncc(O)c6)cc45)nc23)c1. The van der Waals surface area contributed by atoms with Crippen LogP contribution in [0.15, 0.2) is 61.2 Å². The third-order valence-corrected chi connectivity index (χ3v) is 6.15. The third kappa shape index (κ3) is 4.50. The van der Waals surface area contributed by atoms with Crippen LogP contribution in [0.1, 0.15) is 0 Å². The number of anilines is 1. The Morgan fingerprint density at radius 3 is 2.71 bits per heavy atom. The van der Waals surface area contributed by atoms with E-state index in [0.29, 0.717) is 51.8 Å². The van der Waals surface area contributed by atoms with E-state index >= 15 is 0 Å². The van der Waals surface area contributed by atoms with Crippen molar-refractivity contribution in [2.75, 3.05) is 32.5 Å². The fourth-order valence-corrected chi connectivity index (χ4v) is 4.33. The number of nitrogens with one attached hydrogen (secondary N) is 3. The quantitative estimate of drug-likeness (QED) is 0.248. The summed E-state index contributed by atoms with van der Waals surface area (Å²) in [5.74, 6) is 0.235. The summed E-state index contributed by atoms with van der Waals surface area (Å²) in [6.45, 7) is 1.50. The molecule has 0 amide bonds. The Hall–Kier alpha value is -4.90. The van der Waals surface area contributed by atoms with Gasteiger partial charge in [0.1, 0.15) is 22.8 Å². The number of aromatic amines is 2. The molecule has 0 aliphatic heterocycles. The fraction of sp³-hybridized carbons (Fsp3) is 0.148. The summed E-state index contributed by atoms with van der Waals surface area (Å²) in [5, 5.41) is 21.4. The lowest BCUT2D eigenvalue weighted by atomic mass is 10.1. The summed E-state index contributed by atoms with van der Waals surface area (Å²) in [6.07, 6.45) is 6.35. The Morgan fingerprint density at radius 1 is 0.974 bits per heavy atom. The van der Waals surface area contributed by atoms with E-state index in [1.165, 1.54) is 18.3 Å². The number of imidazole rings is 1. The number of halogens is 1. The first kappa shape index (κ1) is 23.5. The van der Waals surface area contributed by atoms with Crippen LogP contribution >= 0.6 is 0 Å². The Labute approximate surface area is 216 Å². The average Bonchev–Trinajstić information content (AvgIpc) is 3.51. The molecule has 38 heavy (non-hydrogen) atoms. The third-order valence-electron chi connectivity index (χ3n) is 6.15. The molecule has 5 aromatic heterocycles. The topological polar surface area (TPSA) is 132 Å². The number of rotatable bonds is 7. The van der Waals surface area contributed by atoms with Gasteiger partial charge in [-0.05, 0) is 50.5 Å². The lowest BCUT2D eigenvalue weighted by Crippen LogP contribution is -2.20. The van der Waals surface area contributed by atoms with E-state index in [4.69, 9.17) is 4.98 Å². The van der Waals surface area contributed by atoms with Crippen LogP contribution in [0.25, 0.3) is 56.0 Å². The van der Waals surface area contributed by atoms with E-state index in [0.717, 1.165) is 23.0 Å². The Kier molecular flexibility index (Phi) is 5.89. The maximum atomic E-state index is 14.6. The van der Waals surface area contributed by atoms with Gasteiger partial charge >= 0.3 is 0 Å². The molecule has 11 heteroatoms. The summed E-state index contributed by atoms with van der Waals surface area (Å²) >= 11 is 0. The highest BCUT2D eigenvalue weighted by Crippen LogP contribution is 2.33. The molecule has 0 saturated carbocycles. The molecule has 0 spiro atoms. The zero-order chi connectivity index (χ0) is 26.2. The van der Waals surface area contributed by atoms with Crippen molar-refractivity contribution in [1.82, 2.24) is 40.0 Å². The van der Waals surface area contributed by atoms with Crippen molar-refractivity contribution in [1.29, 1.82) is 0 Å². The monoisotopic (exact) mass is 509 g/mol. The van der Waals surface area contributed by atoms with Gasteiger partial charge in [0.25, 0.3) is 0 Å². The van der Waals surface area contributed by atoms with Crippen molar-refractivity contribution in [3.63, 3.8) is 0 Å². The predicted octanol–water partition coefficient (Wildman–Crippen LogP) is 4.44. The second kappa shape index (κ2) is 9.52. The van der Waals surface area contributed by atoms with Crippen molar-refractivity contribution in [2.24, 2.45) is 0 Å². The molecule has 10 nitrogen and oxygen atoms in total. The highest BCUT2D eigenvalue weighted by Gasteiger charge is 2.17. The van der Waals surface area contributed by atoms with Gasteiger partial charge < -0.3 is 20.3 Å². The number of aromatic nitrogens is 7. The zero-order valence-corrected chi connectivity index (χ0v) is 20.7. The number of hydrogen-bond donors (Lipinski definition) is 4. The Bertz CT molecular complexity index is 1780. The molecule has 0 fully saturated rings. The normalized spacial score (nSPS) is 11.6. The molecule has 6 aromatic rings. The number of likely N-dealkylation sites (N-methyl/N-ethyl adjacent to an activating group) is 1. The molecule has 0 aliphatic carbocycles. The summed E-state index contributed by atoms with van der Waals surface area (Å²) in [4.78, 5) is 23.2. The number of aromatic hydroxyl groups is 1. The fourth-order valence-electron chi connectivity index (χ4n) is 4.33. The second-order valence-corrected chi connectivity index (χ2v) is 9.22. The molecule has 0 unspecified atom stereocenters. The first-order chi connectivity index (χ1) is 18.4. The molecule has 4 N–H and O–H groups in total. The van der Waals surface area contributed by atoms with E-state index in [9.17, 15) is 9.50 Å². The van der Waals surface area contributed by atoms with Crippen molar-refractivity contribution in [3.05, 3.63) is 67.0 Å². The molecule has 0 radical (unpaired) electrons. The molecule has 190 valence electrons. The van der Waals surface area contributed by atoms with Gasteiger partial charge in [-0.2, -0.15) is 5.10 Å². The molecule has 0 saturated heterocycles. The highest BCUT2D eigenvalue weighted by molar-refractivity contribution is 5.97. The van der Waals surface area contributed by atoms with Gasteiger partial charge in [0, 0.05) is 47.7 Å². The lowest BCUT2D eigenvalue weighted by Gasteiger charge is -2.12. The summed E-state index contributed by atoms with van der Waals surface area (Å²) in [6, 6.07) is 10.1. The molecular weight excluding hydrogens is 485 g/mol. The largest absolute Gasteiger partial charge is 0.506 e. The van der Waals surface area contributed by atoms with Crippen LogP contribution in [0.2, 0.25) is 0 Å². The van der Waals surface area contributed by atoms with Gasteiger partial charge in [-0.1, -0.05) is 0 Å². The van der Waals surface area contributed by atoms with E-state index in [1.54, 1.807) is 24.7 Å². The van der Waals surface area contributed by atoms with Gasteiger partial charge in [0.15, 0.2) is 5.82 Å². The van der Waals surface area contributed by atoms with E-state index in [1.807, 2.05) is 32.3 Å². The van der Waals surface area contributed by atoms with Crippen LogP contribution in [-0.2, 0) is 0 Å². The standard InChI is InChI=1S/C27H24FN9O/c1-37(2)6-5-30-18-8-15(7-17(28)10-18)24-26-21(3-4-31-24)33-27(34-26)25-20-11-22(32-14-23(20)35-36-25)16-9-19(38)13-29-12-16/h3-4,7-14,30,38H,5-6H2,1-2H3,(H,33,34)(H,35,36). The number of H-pyrrole nitrogens is 2.